The van der Waals surface area contributed by atoms with Crippen LogP contribution in [-0.4, -0.2) is 23.2 Å². The second-order valence-electron chi connectivity index (χ2n) is 8.81. The summed E-state index contributed by atoms with van der Waals surface area (Å²) >= 11 is 1.62. The number of thiophene rings is 1. The van der Waals surface area contributed by atoms with E-state index >= 15 is 0 Å². The van der Waals surface area contributed by atoms with Crippen molar-refractivity contribution < 1.29 is 4.74 Å². The standard InChI is InChI=1S/C29H29N3O2S/c1-19-26(15-16-30-20(2)21-9-5-4-6-10-21)35-28-27(19)29(33)32(18-31-28)17-24-23-12-8-7-11-22(23)13-14-25(24)34-3/h4-14,18,20,30H,15-17H2,1-3H3. The van der Waals surface area contributed by atoms with E-state index in [2.05, 4.69) is 53.6 Å². The Balaban J connectivity index is 1.41. The van der Waals surface area contributed by atoms with Crippen LogP contribution in [0.25, 0.3) is 21.0 Å². The average molecular weight is 484 g/mol. The minimum Gasteiger partial charge on any atom is -0.496 e. The molecule has 1 atom stereocenters. The van der Waals surface area contributed by atoms with Gasteiger partial charge in [-0.2, -0.15) is 0 Å². The van der Waals surface area contributed by atoms with Gasteiger partial charge in [-0.15, -0.1) is 11.3 Å². The number of methoxy groups -OCH3 is 1. The summed E-state index contributed by atoms with van der Waals surface area (Å²) in [4.78, 5) is 20.2. The molecule has 0 bridgehead atoms. The molecule has 0 saturated carbocycles. The van der Waals surface area contributed by atoms with Crippen LogP contribution in [-0.2, 0) is 13.0 Å². The lowest BCUT2D eigenvalue weighted by molar-refractivity contribution is 0.409. The van der Waals surface area contributed by atoms with Crippen LogP contribution < -0.4 is 15.6 Å². The first-order chi connectivity index (χ1) is 17.1. The predicted molar refractivity (Wildman–Crippen MR) is 145 cm³/mol. The van der Waals surface area contributed by atoms with E-state index in [1.165, 1.54) is 10.4 Å². The van der Waals surface area contributed by atoms with E-state index in [-0.39, 0.29) is 11.6 Å². The zero-order valence-electron chi connectivity index (χ0n) is 20.2. The summed E-state index contributed by atoms with van der Waals surface area (Å²) in [6, 6.07) is 22.9. The molecule has 0 amide bonds. The molecule has 2 aromatic heterocycles. The van der Waals surface area contributed by atoms with Gasteiger partial charge in [0.1, 0.15) is 10.6 Å². The second kappa shape index (κ2) is 10.0. The summed E-state index contributed by atoms with van der Waals surface area (Å²) < 4.78 is 7.34. The lowest BCUT2D eigenvalue weighted by Crippen LogP contribution is -2.22. The second-order valence-corrected chi connectivity index (χ2v) is 9.90. The van der Waals surface area contributed by atoms with E-state index in [9.17, 15) is 4.79 Å². The molecule has 0 radical (unpaired) electrons. The van der Waals surface area contributed by atoms with Crippen LogP contribution in [0.15, 0.2) is 77.9 Å². The van der Waals surface area contributed by atoms with Crippen molar-refractivity contribution in [2.75, 3.05) is 13.7 Å². The zero-order chi connectivity index (χ0) is 24.4. The summed E-state index contributed by atoms with van der Waals surface area (Å²) in [5.74, 6) is 0.775. The SMILES string of the molecule is COc1ccc2ccccc2c1Cn1cnc2sc(CCNC(C)c3ccccc3)c(C)c2c1=O. The van der Waals surface area contributed by atoms with Crippen molar-refractivity contribution in [1.29, 1.82) is 0 Å². The number of aromatic nitrogens is 2. The van der Waals surface area contributed by atoms with Crippen molar-refractivity contribution in [3.63, 3.8) is 0 Å². The van der Waals surface area contributed by atoms with Crippen LogP contribution in [0.1, 0.15) is 34.5 Å². The summed E-state index contributed by atoms with van der Waals surface area (Å²) in [5.41, 5.74) is 3.29. The highest BCUT2D eigenvalue weighted by Gasteiger charge is 2.17. The zero-order valence-corrected chi connectivity index (χ0v) is 21.1. The van der Waals surface area contributed by atoms with E-state index in [4.69, 9.17) is 4.74 Å². The molecule has 2 heterocycles. The van der Waals surface area contributed by atoms with Crippen LogP contribution in [0.3, 0.4) is 0 Å². The van der Waals surface area contributed by atoms with Crippen LogP contribution in [0.4, 0.5) is 0 Å². The molecule has 35 heavy (non-hydrogen) atoms. The van der Waals surface area contributed by atoms with Gasteiger partial charge < -0.3 is 10.1 Å². The number of hydrogen-bond donors (Lipinski definition) is 1. The lowest BCUT2D eigenvalue weighted by atomic mass is 10.0. The van der Waals surface area contributed by atoms with E-state index in [1.54, 1.807) is 29.3 Å². The fourth-order valence-corrected chi connectivity index (χ4v) is 5.79. The number of aryl methyl sites for hydroxylation is 1. The van der Waals surface area contributed by atoms with Crippen LogP contribution >= 0.6 is 11.3 Å². The third-order valence-corrected chi connectivity index (χ3v) is 7.92. The summed E-state index contributed by atoms with van der Waals surface area (Å²) in [5, 5.41) is 6.53. The highest BCUT2D eigenvalue weighted by molar-refractivity contribution is 7.18. The summed E-state index contributed by atoms with van der Waals surface area (Å²) in [6.07, 6.45) is 2.53. The molecular weight excluding hydrogens is 454 g/mol. The molecule has 5 rings (SSSR count). The molecule has 5 aromatic rings. The number of nitrogens with zero attached hydrogens (tertiary/aromatic N) is 2. The van der Waals surface area contributed by atoms with Crippen molar-refractivity contribution in [1.82, 2.24) is 14.9 Å². The maximum atomic E-state index is 13.5. The Kier molecular flexibility index (Phi) is 6.66. The van der Waals surface area contributed by atoms with Crippen LogP contribution in [0.5, 0.6) is 5.75 Å². The Labute approximate surface area is 209 Å². The molecule has 3 aromatic carbocycles. The van der Waals surface area contributed by atoms with Gasteiger partial charge in [-0.25, -0.2) is 4.98 Å². The molecule has 0 spiro atoms. The lowest BCUT2D eigenvalue weighted by Gasteiger charge is -2.14. The summed E-state index contributed by atoms with van der Waals surface area (Å²) in [6.45, 7) is 5.47. The molecule has 0 fully saturated rings. The Morgan fingerprint density at radius 2 is 1.83 bits per heavy atom. The van der Waals surface area contributed by atoms with E-state index < -0.39 is 0 Å². The maximum absolute atomic E-state index is 13.5. The van der Waals surface area contributed by atoms with Gasteiger partial charge in [-0.1, -0.05) is 60.7 Å². The fraction of sp³-hybridized carbons (Fsp3) is 0.241. The molecule has 6 heteroatoms. The highest BCUT2D eigenvalue weighted by atomic mass is 32.1. The van der Waals surface area contributed by atoms with Crippen molar-refractivity contribution in [2.45, 2.75) is 32.9 Å². The first-order valence-electron chi connectivity index (χ1n) is 11.9. The monoisotopic (exact) mass is 483 g/mol. The molecular formula is C29H29N3O2S. The molecule has 1 unspecified atom stereocenters. The quantitative estimate of drug-likeness (QED) is 0.300. The van der Waals surface area contributed by atoms with Gasteiger partial charge in [-0.05, 0) is 48.2 Å². The Morgan fingerprint density at radius 1 is 1.06 bits per heavy atom. The summed E-state index contributed by atoms with van der Waals surface area (Å²) in [7, 11) is 1.67. The number of ether oxygens (including phenoxy) is 1. The number of benzene rings is 3. The van der Waals surface area contributed by atoms with E-state index in [1.807, 2.05) is 37.3 Å². The van der Waals surface area contributed by atoms with Gasteiger partial charge in [-0.3, -0.25) is 9.36 Å². The Bertz CT molecular complexity index is 1540. The third kappa shape index (κ3) is 4.59. The molecule has 0 saturated heterocycles. The molecule has 0 aliphatic carbocycles. The van der Waals surface area contributed by atoms with Crippen molar-refractivity contribution in [3.8, 4) is 5.75 Å². The van der Waals surface area contributed by atoms with Crippen molar-refractivity contribution in [3.05, 3.63) is 105 Å². The number of nitrogens with one attached hydrogen (secondary N) is 1. The topological polar surface area (TPSA) is 56.1 Å². The first kappa shape index (κ1) is 23.3. The largest absolute Gasteiger partial charge is 0.496 e. The highest BCUT2D eigenvalue weighted by Crippen LogP contribution is 2.30. The van der Waals surface area contributed by atoms with E-state index in [0.717, 1.165) is 50.8 Å². The smallest absolute Gasteiger partial charge is 0.262 e. The maximum Gasteiger partial charge on any atom is 0.262 e. The molecule has 0 aliphatic rings. The van der Waals surface area contributed by atoms with Crippen LogP contribution in [0, 0.1) is 6.92 Å². The van der Waals surface area contributed by atoms with E-state index in [0.29, 0.717) is 6.54 Å². The number of rotatable bonds is 8. The minimum absolute atomic E-state index is 0.00407. The van der Waals surface area contributed by atoms with Gasteiger partial charge in [0.25, 0.3) is 5.56 Å². The van der Waals surface area contributed by atoms with Gasteiger partial charge >= 0.3 is 0 Å². The molecule has 178 valence electrons. The first-order valence-corrected chi connectivity index (χ1v) is 12.7. The fourth-order valence-electron chi connectivity index (χ4n) is 4.66. The van der Waals surface area contributed by atoms with Crippen molar-refractivity contribution in [2.24, 2.45) is 0 Å². The third-order valence-electron chi connectivity index (χ3n) is 6.66. The Hall–Kier alpha value is -3.48. The van der Waals surface area contributed by atoms with Gasteiger partial charge in [0.15, 0.2) is 0 Å². The Morgan fingerprint density at radius 3 is 2.63 bits per heavy atom. The normalized spacial score (nSPS) is 12.3. The van der Waals surface area contributed by atoms with Gasteiger partial charge in [0.05, 0.1) is 25.4 Å². The predicted octanol–water partition coefficient (Wildman–Crippen LogP) is 5.87. The van der Waals surface area contributed by atoms with Gasteiger partial charge in [0, 0.05) is 23.0 Å². The average Bonchev–Trinajstić information content (AvgIpc) is 3.22. The molecule has 1 N–H and O–H groups in total. The minimum atomic E-state index is -0.00407. The molecule has 0 aliphatic heterocycles. The molecule has 5 nitrogen and oxygen atoms in total. The van der Waals surface area contributed by atoms with Crippen molar-refractivity contribution >= 4 is 32.3 Å². The number of hydrogen-bond acceptors (Lipinski definition) is 5. The van der Waals surface area contributed by atoms with Crippen LogP contribution in [0.2, 0.25) is 0 Å². The number of fused-ring (bicyclic) bond motifs is 2. The van der Waals surface area contributed by atoms with Gasteiger partial charge in [0.2, 0.25) is 0 Å².